The number of rotatable bonds is 7. The molecule has 1 fully saturated rings. The number of nitrogens with zero attached hydrogens (tertiary/aromatic N) is 1. The zero-order chi connectivity index (χ0) is 17.6. The fourth-order valence-corrected chi connectivity index (χ4v) is 3.86. The van der Waals surface area contributed by atoms with Crippen LogP contribution in [0.2, 0.25) is 0 Å². The van der Waals surface area contributed by atoms with Crippen LogP contribution in [0.3, 0.4) is 0 Å². The summed E-state index contributed by atoms with van der Waals surface area (Å²) in [6.45, 7) is 11.4. The number of benzene rings is 1. The topological polar surface area (TPSA) is 29.3 Å². The third kappa shape index (κ3) is 7.25. The van der Waals surface area contributed by atoms with Crippen LogP contribution in [0.4, 0.5) is 0 Å². The predicted molar refractivity (Wildman–Crippen MR) is 108 cm³/mol. The van der Waals surface area contributed by atoms with Crippen LogP contribution >= 0.6 is 15.9 Å². The van der Waals surface area contributed by atoms with E-state index < -0.39 is 0 Å². The van der Waals surface area contributed by atoms with E-state index in [9.17, 15) is 0 Å². The lowest BCUT2D eigenvalue weighted by molar-refractivity contribution is 0.159. The Morgan fingerprint density at radius 2 is 1.62 bits per heavy atom. The van der Waals surface area contributed by atoms with Gasteiger partial charge in [-0.2, -0.15) is 0 Å². The van der Waals surface area contributed by atoms with Crippen molar-refractivity contribution in [3.05, 3.63) is 34.3 Å². The second-order valence-electron chi connectivity index (χ2n) is 8.79. The highest BCUT2D eigenvalue weighted by atomic mass is 79.9. The maximum Gasteiger partial charge on any atom is 0.0233 e. The van der Waals surface area contributed by atoms with Crippen molar-refractivity contribution in [2.45, 2.75) is 59.4 Å². The Bertz CT molecular complexity index is 470. The molecule has 0 amide bonds. The average molecular weight is 395 g/mol. The molecule has 1 aliphatic rings. The molecule has 0 aliphatic heterocycles. The van der Waals surface area contributed by atoms with E-state index in [1.807, 2.05) is 0 Å². The summed E-state index contributed by atoms with van der Waals surface area (Å²) in [5, 5.41) is 0. The van der Waals surface area contributed by atoms with E-state index >= 15 is 0 Å². The molecule has 2 nitrogen and oxygen atoms in total. The molecule has 0 bridgehead atoms. The Hall–Kier alpha value is -0.380. The average Bonchev–Trinajstić information content (AvgIpc) is 2.55. The molecule has 0 aromatic heterocycles. The maximum absolute atomic E-state index is 5.85. The van der Waals surface area contributed by atoms with Crippen molar-refractivity contribution in [1.82, 2.24) is 4.90 Å². The summed E-state index contributed by atoms with van der Waals surface area (Å²) in [6, 6.07) is 8.81. The molecule has 3 heteroatoms. The number of hydrogen-bond donors (Lipinski definition) is 1. The third-order valence-electron chi connectivity index (χ3n) is 5.31. The molecular formula is C21H35BrN2. The second kappa shape index (κ2) is 9.35. The van der Waals surface area contributed by atoms with Gasteiger partial charge in [-0.25, -0.2) is 0 Å². The summed E-state index contributed by atoms with van der Waals surface area (Å²) >= 11 is 3.54. The van der Waals surface area contributed by atoms with E-state index in [2.05, 4.69) is 65.9 Å². The summed E-state index contributed by atoms with van der Waals surface area (Å²) in [4.78, 5) is 2.68. The summed E-state index contributed by atoms with van der Waals surface area (Å²) in [6.07, 6.45) is 6.61. The van der Waals surface area contributed by atoms with Crippen molar-refractivity contribution in [1.29, 1.82) is 0 Å². The highest BCUT2D eigenvalue weighted by molar-refractivity contribution is 9.10. The monoisotopic (exact) mass is 394 g/mol. The highest BCUT2D eigenvalue weighted by Gasteiger charge is 2.23. The first-order valence-corrected chi connectivity index (χ1v) is 10.3. The summed E-state index contributed by atoms with van der Waals surface area (Å²) < 4.78 is 1.16. The minimum atomic E-state index is 0.398. The first-order valence-electron chi connectivity index (χ1n) is 9.52. The van der Waals surface area contributed by atoms with E-state index in [4.69, 9.17) is 5.73 Å². The van der Waals surface area contributed by atoms with Crippen LogP contribution in [0.25, 0.3) is 0 Å². The molecule has 1 saturated carbocycles. The molecule has 0 heterocycles. The van der Waals surface area contributed by atoms with Gasteiger partial charge in [0.15, 0.2) is 0 Å². The van der Waals surface area contributed by atoms with Crippen molar-refractivity contribution in [3.63, 3.8) is 0 Å². The molecule has 0 saturated heterocycles. The molecule has 0 unspecified atom stereocenters. The smallest absolute Gasteiger partial charge is 0.0233 e. The number of halogens is 1. The fourth-order valence-electron chi connectivity index (χ4n) is 3.59. The van der Waals surface area contributed by atoms with Gasteiger partial charge in [-0.3, -0.25) is 4.90 Å². The van der Waals surface area contributed by atoms with Gasteiger partial charge in [-0.1, -0.05) is 48.8 Å². The first kappa shape index (κ1) is 19.9. The number of nitrogens with two attached hydrogens (primary N) is 1. The number of hydrogen-bond acceptors (Lipinski definition) is 2. The molecule has 136 valence electrons. The van der Waals surface area contributed by atoms with Gasteiger partial charge >= 0.3 is 0 Å². The van der Waals surface area contributed by atoms with Crippen LogP contribution in [0.15, 0.2) is 28.7 Å². The van der Waals surface area contributed by atoms with Crippen LogP contribution in [0.5, 0.6) is 0 Å². The minimum absolute atomic E-state index is 0.398. The van der Waals surface area contributed by atoms with E-state index in [1.54, 1.807) is 0 Å². The zero-order valence-corrected chi connectivity index (χ0v) is 17.3. The Morgan fingerprint density at radius 3 is 2.17 bits per heavy atom. The highest BCUT2D eigenvalue weighted by Crippen LogP contribution is 2.29. The van der Waals surface area contributed by atoms with Gasteiger partial charge in [0.05, 0.1) is 0 Å². The lowest BCUT2D eigenvalue weighted by Gasteiger charge is -2.34. The Morgan fingerprint density at radius 1 is 1.04 bits per heavy atom. The largest absolute Gasteiger partial charge is 0.330 e. The quantitative estimate of drug-likeness (QED) is 0.665. The van der Waals surface area contributed by atoms with Gasteiger partial charge in [0.1, 0.15) is 0 Å². The van der Waals surface area contributed by atoms with E-state index in [0.717, 1.165) is 29.4 Å². The molecule has 2 N–H and O–H groups in total. The van der Waals surface area contributed by atoms with Crippen molar-refractivity contribution in [3.8, 4) is 0 Å². The van der Waals surface area contributed by atoms with Gasteiger partial charge in [0.25, 0.3) is 0 Å². The van der Waals surface area contributed by atoms with Gasteiger partial charge in [-0.15, -0.1) is 0 Å². The van der Waals surface area contributed by atoms with Gasteiger partial charge in [0, 0.05) is 17.6 Å². The van der Waals surface area contributed by atoms with E-state index in [0.29, 0.717) is 5.41 Å². The van der Waals surface area contributed by atoms with Crippen LogP contribution in [-0.2, 0) is 6.54 Å². The van der Waals surface area contributed by atoms with Crippen LogP contribution < -0.4 is 5.73 Å². The van der Waals surface area contributed by atoms with Crippen LogP contribution in [0.1, 0.15) is 58.4 Å². The fraction of sp³-hybridized carbons (Fsp3) is 0.714. The van der Waals surface area contributed by atoms with Crippen LogP contribution in [0, 0.1) is 17.3 Å². The second-order valence-corrected chi connectivity index (χ2v) is 9.71. The van der Waals surface area contributed by atoms with Crippen molar-refractivity contribution < 1.29 is 0 Å². The standard InChI is InChI=1S/C21H35BrN2/c1-21(2,3)12-13-24(16-19-8-10-20(22)11-9-19)15-18-6-4-17(14-23)5-7-18/h8-11,17-18H,4-7,12-16,23H2,1-3H3. The third-order valence-corrected chi connectivity index (χ3v) is 5.84. The lowest BCUT2D eigenvalue weighted by Crippen LogP contribution is -2.34. The molecular weight excluding hydrogens is 360 g/mol. The summed E-state index contributed by atoms with van der Waals surface area (Å²) in [5.74, 6) is 1.62. The Balaban J connectivity index is 1.93. The van der Waals surface area contributed by atoms with Gasteiger partial charge in [0.2, 0.25) is 0 Å². The molecule has 2 rings (SSSR count). The normalized spacial score (nSPS) is 22.1. The predicted octanol–water partition coefficient (Wildman–Crippen LogP) is 5.45. The minimum Gasteiger partial charge on any atom is -0.330 e. The van der Waals surface area contributed by atoms with Crippen molar-refractivity contribution in [2.24, 2.45) is 23.0 Å². The maximum atomic E-state index is 5.85. The summed E-state index contributed by atoms with van der Waals surface area (Å²) in [5.41, 5.74) is 7.66. The molecule has 0 spiro atoms. The Labute approximate surface area is 157 Å². The molecule has 1 aromatic carbocycles. The van der Waals surface area contributed by atoms with Crippen molar-refractivity contribution >= 4 is 15.9 Å². The van der Waals surface area contributed by atoms with E-state index in [1.165, 1.54) is 50.8 Å². The van der Waals surface area contributed by atoms with Crippen molar-refractivity contribution in [2.75, 3.05) is 19.6 Å². The van der Waals surface area contributed by atoms with Gasteiger partial charge in [-0.05, 0) is 80.1 Å². The summed E-state index contributed by atoms with van der Waals surface area (Å²) in [7, 11) is 0. The molecule has 0 atom stereocenters. The van der Waals surface area contributed by atoms with Crippen LogP contribution in [-0.4, -0.2) is 24.5 Å². The SMILES string of the molecule is CC(C)(C)CCN(Cc1ccc(Br)cc1)CC1CCC(CN)CC1. The molecule has 1 aromatic rings. The lowest BCUT2D eigenvalue weighted by atomic mass is 9.81. The van der Waals surface area contributed by atoms with Gasteiger partial charge < -0.3 is 5.73 Å². The molecule has 0 radical (unpaired) electrons. The Kier molecular flexibility index (Phi) is 7.77. The zero-order valence-electron chi connectivity index (χ0n) is 15.7. The first-order chi connectivity index (χ1) is 11.4. The molecule has 24 heavy (non-hydrogen) atoms. The van der Waals surface area contributed by atoms with E-state index in [-0.39, 0.29) is 0 Å². The molecule has 1 aliphatic carbocycles.